The molecule has 0 aliphatic rings. The molecule has 0 radical (unpaired) electrons. The Balaban J connectivity index is 0.987. The largest absolute Gasteiger partial charge is 0.456 e. The maximum absolute atomic E-state index is 6.44. The lowest BCUT2D eigenvalue weighted by molar-refractivity contribution is 0.669. The van der Waals surface area contributed by atoms with Gasteiger partial charge in [0.1, 0.15) is 11.2 Å². The zero-order chi connectivity index (χ0) is 37.7. The van der Waals surface area contributed by atoms with Crippen LogP contribution in [0.3, 0.4) is 0 Å². The molecule has 5 heteroatoms. The number of furan rings is 1. The highest BCUT2D eigenvalue weighted by Crippen LogP contribution is 2.39. The van der Waals surface area contributed by atoms with E-state index in [1.165, 1.54) is 21.5 Å². The van der Waals surface area contributed by atoms with E-state index in [1.807, 2.05) is 60.8 Å². The molecule has 0 atom stereocenters. The minimum Gasteiger partial charge on any atom is -0.456 e. The van der Waals surface area contributed by atoms with Crippen molar-refractivity contribution in [2.24, 2.45) is 0 Å². The first kappa shape index (κ1) is 32.7. The zero-order valence-corrected chi connectivity index (χ0v) is 30.7. The Morgan fingerprint density at radius 2 is 0.947 bits per heavy atom. The van der Waals surface area contributed by atoms with Gasteiger partial charge in [0.15, 0.2) is 17.5 Å². The normalized spacial score (nSPS) is 11.5. The van der Waals surface area contributed by atoms with E-state index in [-0.39, 0.29) is 0 Å². The van der Waals surface area contributed by atoms with Crippen LogP contribution < -0.4 is 0 Å². The first-order valence-corrected chi connectivity index (χ1v) is 19.0. The first-order chi connectivity index (χ1) is 28.2. The molecule has 11 rings (SSSR count). The second kappa shape index (κ2) is 13.5. The van der Waals surface area contributed by atoms with Crippen molar-refractivity contribution < 1.29 is 4.42 Å². The smallest absolute Gasteiger partial charge is 0.164 e. The van der Waals surface area contributed by atoms with Crippen molar-refractivity contribution in [3.05, 3.63) is 194 Å². The van der Waals surface area contributed by atoms with Crippen LogP contribution in [0, 0.1) is 0 Å². The van der Waals surface area contributed by atoms with Crippen LogP contribution in [-0.4, -0.2) is 19.9 Å². The Morgan fingerprint density at radius 1 is 0.333 bits per heavy atom. The average Bonchev–Trinajstić information content (AvgIpc) is 3.68. The van der Waals surface area contributed by atoms with Gasteiger partial charge in [-0.15, -0.1) is 0 Å². The number of benzene rings is 8. The van der Waals surface area contributed by atoms with Gasteiger partial charge in [0.05, 0.1) is 5.69 Å². The number of pyridine rings is 1. The molecular formula is C52H32N4O. The summed E-state index contributed by atoms with van der Waals surface area (Å²) in [4.78, 5) is 20.1. The van der Waals surface area contributed by atoms with E-state index in [0.717, 1.165) is 72.1 Å². The fourth-order valence-corrected chi connectivity index (χ4v) is 7.88. The van der Waals surface area contributed by atoms with E-state index in [2.05, 4.69) is 133 Å². The molecule has 8 aromatic carbocycles. The molecule has 11 aromatic rings. The summed E-state index contributed by atoms with van der Waals surface area (Å²) < 4.78 is 6.44. The van der Waals surface area contributed by atoms with Gasteiger partial charge in [-0.05, 0) is 68.6 Å². The second-order valence-corrected chi connectivity index (χ2v) is 14.3. The number of rotatable bonds is 6. The van der Waals surface area contributed by atoms with Gasteiger partial charge < -0.3 is 4.42 Å². The lowest BCUT2D eigenvalue weighted by Crippen LogP contribution is -2.00. The van der Waals surface area contributed by atoms with Crippen LogP contribution in [0.4, 0.5) is 0 Å². The molecule has 266 valence electrons. The highest BCUT2D eigenvalue weighted by Gasteiger charge is 2.19. The summed E-state index contributed by atoms with van der Waals surface area (Å²) >= 11 is 0. The zero-order valence-electron chi connectivity index (χ0n) is 30.7. The van der Waals surface area contributed by atoms with Crippen molar-refractivity contribution in [3.63, 3.8) is 0 Å². The molecule has 3 aromatic heterocycles. The van der Waals surface area contributed by atoms with Crippen LogP contribution in [-0.2, 0) is 0 Å². The third-order valence-electron chi connectivity index (χ3n) is 10.8. The van der Waals surface area contributed by atoms with Crippen LogP contribution in [0.1, 0.15) is 0 Å². The number of hydrogen-bond acceptors (Lipinski definition) is 5. The molecule has 0 saturated heterocycles. The van der Waals surface area contributed by atoms with Crippen molar-refractivity contribution in [1.82, 2.24) is 19.9 Å². The third kappa shape index (κ3) is 5.90. The topological polar surface area (TPSA) is 64.7 Å². The van der Waals surface area contributed by atoms with Gasteiger partial charge in [0.25, 0.3) is 0 Å². The van der Waals surface area contributed by atoms with Gasteiger partial charge in [-0.1, -0.05) is 158 Å². The predicted molar refractivity (Wildman–Crippen MR) is 233 cm³/mol. The Kier molecular flexibility index (Phi) is 7.74. The van der Waals surface area contributed by atoms with Crippen molar-refractivity contribution >= 4 is 43.5 Å². The standard InChI is InChI=1S/C52H32N4O/c1-3-10-33(11-4-1)34-18-21-37(22-19-34)51-54-50(36-13-5-2-6-14-36)55-52(56-51)44-16-9-17-48-49(44)45-31-38(26-29-47(45)57-48)41-25-28-46(53-32-41)40-24-27-43-39(30-40)23-20-35-12-7-8-15-42(35)43/h1-32H. The van der Waals surface area contributed by atoms with Crippen molar-refractivity contribution in [3.8, 4) is 67.7 Å². The molecule has 3 heterocycles. The third-order valence-corrected chi connectivity index (χ3v) is 10.8. The Morgan fingerprint density at radius 3 is 1.74 bits per heavy atom. The summed E-state index contributed by atoms with van der Waals surface area (Å²) in [5.41, 5.74) is 10.7. The van der Waals surface area contributed by atoms with Gasteiger partial charge in [-0.25, -0.2) is 15.0 Å². The molecule has 0 fully saturated rings. The first-order valence-electron chi connectivity index (χ1n) is 19.0. The van der Waals surface area contributed by atoms with Crippen LogP contribution >= 0.6 is 0 Å². The molecule has 0 N–H and O–H groups in total. The number of nitrogens with zero attached hydrogens (tertiary/aromatic N) is 4. The highest BCUT2D eigenvalue weighted by atomic mass is 16.3. The van der Waals surface area contributed by atoms with E-state index in [1.54, 1.807) is 0 Å². The number of aromatic nitrogens is 4. The Bertz CT molecular complexity index is 3270. The molecular weight excluding hydrogens is 697 g/mol. The molecule has 57 heavy (non-hydrogen) atoms. The van der Waals surface area contributed by atoms with Crippen LogP contribution in [0.15, 0.2) is 199 Å². The van der Waals surface area contributed by atoms with Crippen molar-refractivity contribution in [1.29, 1.82) is 0 Å². The van der Waals surface area contributed by atoms with E-state index in [4.69, 9.17) is 24.4 Å². The number of hydrogen-bond donors (Lipinski definition) is 0. The molecule has 0 saturated carbocycles. The van der Waals surface area contributed by atoms with E-state index in [0.29, 0.717) is 17.5 Å². The SMILES string of the molecule is c1ccc(-c2ccc(-c3nc(-c4ccccc4)nc(-c4cccc5oc6ccc(-c7ccc(-c8ccc9c(ccc%10ccccc%109)c8)nc7)cc6c45)n3)cc2)cc1. The van der Waals surface area contributed by atoms with Gasteiger partial charge in [0.2, 0.25) is 0 Å². The van der Waals surface area contributed by atoms with Crippen LogP contribution in [0.25, 0.3) is 111 Å². The fourth-order valence-electron chi connectivity index (χ4n) is 7.88. The van der Waals surface area contributed by atoms with Gasteiger partial charge >= 0.3 is 0 Å². The Hall–Kier alpha value is -7.76. The molecule has 5 nitrogen and oxygen atoms in total. The second-order valence-electron chi connectivity index (χ2n) is 14.3. The summed E-state index contributed by atoms with van der Waals surface area (Å²) in [6.07, 6.45) is 1.96. The van der Waals surface area contributed by atoms with Gasteiger partial charge in [-0.3, -0.25) is 4.98 Å². The number of fused-ring (bicyclic) bond motifs is 6. The predicted octanol–water partition coefficient (Wildman–Crippen LogP) is 13.5. The summed E-state index contributed by atoms with van der Waals surface area (Å²) in [6.45, 7) is 0. The van der Waals surface area contributed by atoms with E-state index < -0.39 is 0 Å². The van der Waals surface area contributed by atoms with Crippen LogP contribution in [0.5, 0.6) is 0 Å². The fraction of sp³-hybridized carbons (Fsp3) is 0. The minimum absolute atomic E-state index is 0.582. The van der Waals surface area contributed by atoms with E-state index >= 15 is 0 Å². The molecule has 0 aliphatic carbocycles. The maximum Gasteiger partial charge on any atom is 0.164 e. The molecule has 0 aliphatic heterocycles. The average molecular weight is 729 g/mol. The Labute approximate surface area is 328 Å². The summed E-state index contributed by atoms with van der Waals surface area (Å²) in [5, 5.41) is 6.90. The maximum atomic E-state index is 6.44. The molecule has 0 spiro atoms. The van der Waals surface area contributed by atoms with Gasteiger partial charge in [-0.2, -0.15) is 0 Å². The van der Waals surface area contributed by atoms with Crippen molar-refractivity contribution in [2.45, 2.75) is 0 Å². The van der Waals surface area contributed by atoms with Crippen LogP contribution in [0.2, 0.25) is 0 Å². The van der Waals surface area contributed by atoms with Gasteiger partial charge in [0, 0.05) is 44.8 Å². The minimum atomic E-state index is 0.582. The van der Waals surface area contributed by atoms with Crippen molar-refractivity contribution in [2.75, 3.05) is 0 Å². The van der Waals surface area contributed by atoms with E-state index in [9.17, 15) is 0 Å². The monoisotopic (exact) mass is 728 g/mol. The lowest BCUT2D eigenvalue weighted by Gasteiger charge is -2.10. The summed E-state index contributed by atoms with van der Waals surface area (Å²) in [7, 11) is 0. The highest BCUT2D eigenvalue weighted by molar-refractivity contribution is 6.13. The quantitative estimate of drug-likeness (QED) is 0.160. The lowest BCUT2D eigenvalue weighted by atomic mass is 9.98. The molecule has 0 amide bonds. The summed E-state index contributed by atoms with van der Waals surface area (Å²) in [5.74, 6) is 1.80. The summed E-state index contributed by atoms with van der Waals surface area (Å²) in [6, 6.07) is 65.0. The molecule has 0 bridgehead atoms. The molecule has 0 unspecified atom stereocenters.